The Morgan fingerprint density at radius 3 is 1.67 bits per heavy atom. The van der Waals surface area contributed by atoms with E-state index in [2.05, 4.69) is 26.6 Å². The highest BCUT2D eigenvalue weighted by atomic mass is 16.4. The zero-order chi connectivity index (χ0) is 32.0. The first-order chi connectivity index (χ1) is 19.7. The first-order valence-corrected chi connectivity index (χ1v) is 14.4. The van der Waals surface area contributed by atoms with Crippen LogP contribution in [0.15, 0.2) is 0 Å². The number of rotatable bonds is 17. The van der Waals surface area contributed by atoms with Gasteiger partial charge in [0.05, 0.1) is 12.8 Å². The highest BCUT2D eigenvalue weighted by molar-refractivity contribution is 5.97. The molecule has 7 N–H and O–H groups in total. The topological polar surface area (TPSA) is 223 Å². The molecule has 0 aromatic rings. The lowest BCUT2D eigenvalue weighted by Gasteiger charge is -2.26. The number of nitrogens with zero attached hydrogens (tertiary/aromatic N) is 1. The Bertz CT molecular complexity index is 979. The van der Waals surface area contributed by atoms with Crippen molar-refractivity contribution in [1.29, 1.82) is 0 Å². The Morgan fingerprint density at radius 1 is 0.690 bits per heavy atom. The Balaban J connectivity index is 3.10. The predicted molar refractivity (Wildman–Crippen MR) is 151 cm³/mol. The Labute approximate surface area is 245 Å². The maximum Gasteiger partial charge on any atom is 0.326 e. The molecule has 1 saturated heterocycles. The van der Waals surface area contributed by atoms with Crippen molar-refractivity contribution in [3.05, 3.63) is 0 Å². The van der Waals surface area contributed by atoms with E-state index in [9.17, 15) is 43.8 Å². The summed E-state index contributed by atoms with van der Waals surface area (Å²) in [6.45, 7) is 9.63. The minimum Gasteiger partial charge on any atom is -0.481 e. The van der Waals surface area contributed by atoms with Gasteiger partial charge in [-0.25, -0.2) is 9.59 Å². The number of likely N-dealkylation sites (tertiary alicyclic amines) is 1. The van der Waals surface area contributed by atoms with E-state index in [-0.39, 0.29) is 18.4 Å². The standard InChI is InChI=1S/C27H46N6O9/c1-6-17(7-2)29-27(42)28-16(5)23(37)30-18(13-21(34)33-10-8-9-11-33)24(38)31-19(14-22(35)36)25(39)32-20(26(40)41)12-15(3)4/h15-20H,6-14H2,1-5H3,(H,30,37)(H,31,38)(H,32,39)(H,35,36)(H,40,41)(H2,28,29,42)/t16?,18-,19-,20-/m0/s1. The molecule has 4 atom stereocenters. The second-order valence-corrected chi connectivity index (χ2v) is 10.9. The van der Waals surface area contributed by atoms with Crippen molar-refractivity contribution < 1.29 is 43.8 Å². The average Bonchev–Trinajstić information content (AvgIpc) is 3.45. The van der Waals surface area contributed by atoms with Crippen molar-refractivity contribution >= 4 is 41.6 Å². The summed E-state index contributed by atoms with van der Waals surface area (Å²) in [5, 5.41) is 30.9. The summed E-state index contributed by atoms with van der Waals surface area (Å²) < 4.78 is 0. The number of amides is 6. The largest absolute Gasteiger partial charge is 0.481 e. The molecule has 0 aromatic heterocycles. The second-order valence-electron chi connectivity index (χ2n) is 10.9. The summed E-state index contributed by atoms with van der Waals surface area (Å²) in [6, 6.07) is -6.32. The number of urea groups is 1. The van der Waals surface area contributed by atoms with Crippen LogP contribution < -0.4 is 26.6 Å². The second kappa shape index (κ2) is 17.8. The molecule has 0 spiro atoms. The maximum absolute atomic E-state index is 13.3. The van der Waals surface area contributed by atoms with Crippen molar-refractivity contribution in [2.45, 2.75) is 110 Å². The first-order valence-electron chi connectivity index (χ1n) is 14.4. The quantitative estimate of drug-likeness (QED) is 0.119. The van der Waals surface area contributed by atoms with Crippen LogP contribution in [0.1, 0.15) is 79.6 Å². The minimum atomic E-state index is -1.69. The van der Waals surface area contributed by atoms with Crippen LogP contribution in [0, 0.1) is 5.92 Å². The third-order valence-corrected chi connectivity index (χ3v) is 6.87. The highest BCUT2D eigenvalue weighted by Gasteiger charge is 2.34. The lowest BCUT2D eigenvalue weighted by Crippen LogP contribution is -2.59. The number of carboxylic acids is 2. The summed E-state index contributed by atoms with van der Waals surface area (Å²) in [4.78, 5) is 88.9. The molecule has 15 heteroatoms. The van der Waals surface area contributed by atoms with Crippen LogP contribution in [0.25, 0.3) is 0 Å². The van der Waals surface area contributed by atoms with Crippen molar-refractivity contribution in [2.75, 3.05) is 13.1 Å². The molecule has 0 bridgehead atoms. The molecule has 0 aliphatic carbocycles. The molecule has 6 amide bonds. The molecule has 1 unspecified atom stereocenters. The van der Waals surface area contributed by atoms with E-state index < -0.39 is 78.6 Å². The molecule has 238 valence electrons. The highest BCUT2D eigenvalue weighted by Crippen LogP contribution is 2.11. The van der Waals surface area contributed by atoms with Crippen LogP contribution in [0.4, 0.5) is 4.79 Å². The summed E-state index contributed by atoms with van der Waals surface area (Å²) in [5.74, 6) is -6.14. The molecule has 1 heterocycles. The minimum absolute atomic E-state index is 0.0631. The SMILES string of the molecule is CCC(CC)NC(=O)NC(C)C(=O)N[C@@H](CC(=O)N1CCCC1)C(=O)N[C@@H](CC(=O)O)C(=O)N[C@@H](CC(C)C)C(=O)O. The first kappa shape index (κ1) is 36.1. The van der Waals surface area contributed by atoms with Crippen LogP contribution in [-0.4, -0.2) is 100 Å². The van der Waals surface area contributed by atoms with Crippen LogP contribution in [-0.2, 0) is 28.8 Å². The summed E-state index contributed by atoms with van der Waals surface area (Å²) in [7, 11) is 0. The molecule has 1 fully saturated rings. The molecular weight excluding hydrogens is 552 g/mol. The summed E-state index contributed by atoms with van der Waals surface area (Å²) in [6.07, 6.45) is 1.64. The van der Waals surface area contributed by atoms with Gasteiger partial charge >= 0.3 is 18.0 Å². The zero-order valence-electron chi connectivity index (χ0n) is 25.0. The fourth-order valence-electron chi connectivity index (χ4n) is 4.38. The predicted octanol–water partition coefficient (Wildman–Crippen LogP) is -0.0650. The van der Waals surface area contributed by atoms with Gasteiger partial charge in [-0.15, -0.1) is 0 Å². The van der Waals surface area contributed by atoms with Gasteiger partial charge in [0.25, 0.3) is 0 Å². The number of carbonyl (C=O) groups excluding carboxylic acids is 5. The smallest absolute Gasteiger partial charge is 0.326 e. The van der Waals surface area contributed by atoms with Gasteiger partial charge in [0, 0.05) is 19.1 Å². The molecule has 1 rings (SSSR count). The van der Waals surface area contributed by atoms with Gasteiger partial charge in [-0.2, -0.15) is 0 Å². The van der Waals surface area contributed by atoms with Crippen molar-refractivity contribution in [2.24, 2.45) is 5.92 Å². The Kier molecular flexibility index (Phi) is 15.3. The zero-order valence-corrected chi connectivity index (χ0v) is 25.0. The molecule has 42 heavy (non-hydrogen) atoms. The summed E-state index contributed by atoms with van der Waals surface area (Å²) in [5.41, 5.74) is 0. The lowest BCUT2D eigenvalue weighted by molar-refractivity contribution is -0.144. The van der Waals surface area contributed by atoms with Gasteiger partial charge in [0.2, 0.25) is 23.6 Å². The summed E-state index contributed by atoms with van der Waals surface area (Å²) >= 11 is 0. The van der Waals surface area contributed by atoms with Crippen molar-refractivity contribution in [3.63, 3.8) is 0 Å². The van der Waals surface area contributed by atoms with Crippen molar-refractivity contribution in [3.8, 4) is 0 Å². The molecule has 1 aliphatic rings. The number of carbonyl (C=O) groups is 7. The van der Waals surface area contributed by atoms with E-state index in [0.29, 0.717) is 25.9 Å². The van der Waals surface area contributed by atoms with E-state index in [1.807, 2.05) is 13.8 Å². The molecule has 0 radical (unpaired) electrons. The molecule has 15 nitrogen and oxygen atoms in total. The third-order valence-electron chi connectivity index (χ3n) is 6.87. The number of hydrogen-bond donors (Lipinski definition) is 7. The van der Waals surface area contributed by atoms with Gasteiger partial charge in [0.15, 0.2) is 0 Å². The van der Waals surface area contributed by atoms with Crippen LogP contribution in [0.3, 0.4) is 0 Å². The lowest BCUT2D eigenvalue weighted by atomic mass is 10.0. The van der Waals surface area contributed by atoms with E-state index in [1.54, 1.807) is 13.8 Å². The molecular formula is C27H46N6O9. The monoisotopic (exact) mass is 598 g/mol. The molecule has 0 saturated carbocycles. The maximum atomic E-state index is 13.3. The number of nitrogens with one attached hydrogen (secondary N) is 5. The van der Waals surface area contributed by atoms with Crippen LogP contribution in [0.5, 0.6) is 0 Å². The van der Waals surface area contributed by atoms with E-state index >= 15 is 0 Å². The fourth-order valence-corrected chi connectivity index (χ4v) is 4.38. The van der Waals surface area contributed by atoms with E-state index in [0.717, 1.165) is 12.8 Å². The normalized spacial score (nSPS) is 15.7. The van der Waals surface area contributed by atoms with Gasteiger partial charge in [-0.3, -0.25) is 24.0 Å². The third kappa shape index (κ3) is 12.7. The van der Waals surface area contributed by atoms with E-state index in [1.165, 1.54) is 11.8 Å². The van der Waals surface area contributed by atoms with Crippen LogP contribution >= 0.6 is 0 Å². The Hall–Kier alpha value is -3.91. The van der Waals surface area contributed by atoms with Crippen LogP contribution in [0.2, 0.25) is 0 Å². The van der Waals surface area contributed by atoms with E-state index in [4.69, 9.17) is 0 Å². The van der Waals surface area contributed by atoms with Gasteiger partial charge in [-0.1, -0.05) is 27.7 Å². The molecule has 0 aromatic carbocycles. The molecule has 1 aliphatic heterocycles. The van der Waals surface area contributed by atoms with Gasteiger partial charge < -0.3 is 41.7 Å². The number of hydrogen-bond acceptors (Lipinski definition) is 7. The van der Waals surface area contributed by atoms with Crippen molar-refractivity contribution in [1.82, 2.24) is 31.5 Å². The Morgan fingerprint density at radius 2 is 1.19 bits per heavy atom. The van der Waals surface area contributed by atoms with Gasteiger partial charge in [-0.05, 0) is 44.9 Å². The number of aliphatic carboxylic acids is 2. The van der Waals surface area contributed by atoms with Gasteiger partial charge in [0.1, 0.15) is 24.2 Å². The average molecular weight is 599 g/mol. The fraction of sp³-hybridized carbons (Fsp3) is 0.741. The number of carboxylic acid groups (broad SMARTS) is 2.